The number of ether oxygens (including phenoxy) is 2. The van der Waals surface area contributed by atoms with Crippen LogP contribution in [0.5, 0.6) is 11.5 Å². The van der Waals surface area contributed by atoms with Gasteiger partial charge in [0.2, 0.25) is 0 Å². The number of hydrogen-bond acceptors (Lipinski definition) is 4. The Kier molecular flexibility index (Phi) is 4.86. The van der Waals surface area contributed by atoms with Gasteiger partial charge in [-0.15, -0.1) is 17.8 Å². The molecule has 0 fully saturated rings. The lowest BCUT2D eigenvalue weighted by Crippen LogP contribution is -2.52. The normalized spacial score (nSPS) is 17.5. The van der Waals surface area contributed by atoms with Gasteiger partial charge in [-0.3, -0.25) is 4.57 Å². The van der Waals surface area contributed by atoms with Crippen LogP contribution in [0.4, 0.5) is 22.4 Å². The maximum atomic E-state index is 13.5. The molecule has 2 heterocycles. The smallest absolute Gasteiger partial charge is 0.421 e. The van der Waals surface area contributed by atoms with Crippen LogP contribution in [0, 0.1) is 19.3 Å². The first-order chi connectivity index (χ1) is 13.3. The van der Waals surface area contributed by atoms with E-state index in [9.17, 15) is 22.4 Å². The van der Waals surface area contributed by atoms with Gasteiger partial charge in [0.05, 0.1) is 11.2 Å². The number of aryl methyl sites for hydroxylation is 1. The second-order valence-electron chi connectivity index (χ2n) is 6.67. The molecule has 1 aliphatic heterocycles. The van der Waals surface area contributed by atoms with Crippen LogP contribution in [0.1, 0.15) is 18.7 Å². The summed E-state index contributed by atoms with van der Waals surface area (Å²) in [5.74, 6) is 1.29. The summed E-state index contributed by atoms with van der Waals surface area (Å²) in [5.41, 5.74) is -0.675. The van der Waals surface area contributed by atoms with Crippen LogP contribution in [0.2, 0.25) is 0 Å². The van der Waals surface area contributed by atoms with Gasteiger partial charge >= 0.3 is 18.2 Å². The molecule has 2 aromatic rings. The van der Waals surface area contributed by atoms with Crippen molar-refractivity contribution in [2.24, 2.45) is 4.99 Å². The van der Waals surface area contributed by atoms with Crippen LogP contribution in [-0.2, 0) is 0 Å². The summed E-state index contributed by atoms with van der Waals surface area (Å²) in [6.45, 7) is 4.98. The molecule has 154 valence electrons. The van der Waals surface area contributed by atoms with Crippen molar-refractivity contribution in [2.75, 3.05) is 0 Å². The molecular weight excluding hydrogens is 414 g/mol. The number of fused-ring (bicyclic) bond motifs is 1. The topological polar surface area (TPSA) is 64.9 Å². The lowest BCUT2D eigenvalue weighted by molar-refractivity contribution is -0.391. The van der Waals surface area contributed by atoms with E-state index in [1.54, 1.807) is 27.0 Å². The third kappa shape index (κ3) is 4.07. The number of nitrogens with zero attached hydrogens (tertiary/aromatic N) is 2. The summed E-state index contributed by atoms with van der Waals surface area (Å²) in [7, 11) is 0. The van der Waals surface area contributed by atoms with Crippen LogP contribution < -0.4 is 19.6 Å². The summed E-state index contributed by atoms with van der Waals surface area (Å²) in [6, 6.07) is 2.80. The zero-order valence-corrected chi connectivity index (χ0v) is 16.2. The Morgan fingerprint density at radius 1 is 1.24 bits per heavy atom. The molecule has 0 atom stereocenters. The fourth-order valence-corrected chi connectivity index (χ4v) is 3.17. The quantitative estimate of drug-likeness (QED) is 0.583. The van der Waals surface area contributed by atoms with Crippen LogP contribution in [0.15, 0.2) is 29.4 Å². The van der Waals surface area contributed by atoms with E-state index in [2.05, 4.69) is 25.7 Å². The van der Waals surface area contributed by atoms with Gasteiger partial charge < -0.3 is 14.8 Å². The van der Waals surface area contributed by atoms with E-state index in [1.807, 2.05) is 0 Å². The third-order valence-corrected chi connectivity index (χ3v) is 4.67. The van der Waals surface area contributed by atoms with E-state index in [-0.39, 0.29) is 10.5 Å². The molecule has 1 aromatic carbocycles. The summed E-state index contributed by atoms with van der Waals surface area (Å²) in [4.78, 5) is 17.1. The Hall–Kier alpha value is -3.00. The molecule has 1 N–H and O–H groups in total. The molecule has 3 rings (SSSR count). The summed E-state index contributed by atoms with van der Waals surface area (Å²) >= 11 is 1.15. The number of alkyl halides is 4. The highest BCUT2D eigenvalue weighted by Gasteiger charge is 2.65. The predicted molar refractivity (Wildman–Crippen MR) is 96.5 cm³/mol. The lowest BCUT2D eigenvalue weighted by Gasteiger charge is -2.31. The number of terminal acetylenes is 1. The average molecular weight is 429 g/mol. The number of halogens is 4. The average Bonchev–Trinajstić information content (AvgIpc) is 2.94. The standard InChI is InChI=1S/C18H15F4N3O3S/c1-5-16(3,4)24-14(26)23-15-25(9-10(2)29-15)11-6-7-12-13(8-11)28-18(21,22)17(19,20)27-12/h1,6-9H,2-4H3,(H,24,26). The highest BCUT2D eigenvalue weighted by atomic mass is 32.1. The SMILES string of the molecule is C#CC(C)(C)NC(=O)N=c1sc(C)cn1-c1ccc2c(c1)OC(F)(F)C(F)(F)O2. The minimum Gasteiger partial charge on any atom is -0.421 e. The van der Waals surface area contributed by atoms with Crippen molar-refractivity contribution in [3.05, 3.63) is 34.1 Å². The van der Waals surface area contributed by atoms with Crippen molar-refractivity contribution in [3.8, 4) is 29.5 Å². The number of carbonyl (C=O) groups excluding carboxylic acids is 1. The van der Waals surface area contributed by atoms with Gasteiger partial charge in [0, 0.05) is 17.1 Å². The minimum atomic E-state index is -4.83. The zero-order chi connectivity index (χ0) is 21.6. The first kappa shape index (κ1) is 20.7. The monoisotopic (exact) mass is 429 g/mol. The number of hydrogen-bond donors (Lipinski definition) is 1. The molecule has 0 radical (unpaired) electrons. The summed E-state index contributed by atoms with van der Waals surface area (Å²) < 4.78 is 63.1. The molecule has 1 aliphatic rings. The van der Waals surface area contributed by atoms with Crippen molar-refractivity contribution in [1.82, 2.24) is 9.88 Å². The van der Waals surface area contributed by atoms with Crippen molar-refractivity contribution in [2.45, 2.75) is 38.5 Å². The predicted octanol–water partition coefficient (Wildman–Crippen LogP) is 3.83. The third-order valence-electron chi connectivity index (χ3n) is 3.77. The molecule has 2 amide bonds. The summed E-state index contributed by atoms with van der Waals surface area (Å²) in [5, 5.41) is 2.54. The molecule has 1 aromatic heterocycles. The number of aromatic nitrogens is 1. The Morgan fingerprint density at radius 2 is 1.86 bits per heavy atom. The second-order valence-corrected chi connectivity index (χ2v) is 7.89. The molecule has 11 heteroatoms. The van der Waals surface area contributed by atoms with E-state index in [0.29, 0.717) is 0 Å². The Morgan fingerprint density at radius 3 is 2.48 bits per heavy atom. The molecule has 0 aliphatic carbocycles. The first-order valence-electron chi connectivity index (χ1n) is 8.15. The van der Waals surface area contributed by atoms with Crippen molar-refractivity contribution >= 4 is 17.4 Å². The van der Waals surface area contributed by atoms with E-state index in [1.165, 1.54) is 10.6 Å². The molecule has 6 nitrogen and oxygen atoms in total. The molecule has 0 unspecified atom stereocenters. The highest BCUT2D eigenvalue weighted by Crippen LogP contribution is 2.47. The maximum absolute atomic E-state index is 13.5. The number of nitrogens with one attached hydrogen (secondary N) is 1. The van der Waals surface area contributed by atoms with E-state index < -0.39 is 35.3 Å². The molecule has 0 bridgehead atoms. The van der Waals surface area contributed by atoms with E-state index in [4.69, 9.17) is 6.42 Å². The van der Waals surface area contributed by atoms with Crippen molar-refractivity contribution in [1.29, 1.82) is 0 Å². The largest absolute Gasteiger partial charge is 0.507 e. The van der Waals surface area contributed by atoms with Crippen LogP contribution in [-0.4, -0.2) is 28.4 Å². The zero-order valence-electron chi connectivity index (χ0n) is 15.4. The van der Waals surface area contributed by atoms with Gasteiger partial charge in [-0.25, -0.2) is 4.79 Å². The van der Waals surface area contributed by atoms with Crippen molar-refractivity contribution in [3.63, 3.8) is 0 Å². The number of thiazole rings is 1. The Balaban J connectivity index is 2.01. The Labute approximate surface area is 166 Å². The van der Waals surface area contributed by atoms with Crippen LogP contribution in [0.3, 0.4) is 0 Å². The van der Waals surface area contributed by atoms with E-state index in [0.717, 1.165) is 28.3 Å². The number of urea groups is 1. The van der Waals surface area contributed by atoms with Gasteiger partial charge in [0.15, 0.2) is 16.3 Å². The number of carbonyl (C=O) groups is 1. The molecule has 0 spiro atoms. The van der Waals surface area contributed by atoms with Gasteiger partial charge in [0.1, 0.15) is 0 Å². The highest BCUT2D eigenvalue weighted by molar-refractivity contribution is 7.09. The summed E-state index contributed by atoms with van der Waals surface area (Å²) in [6.07, 6.45) is -2.70. The lowest BCUT2D eigenvalue weighted by atomic mass is 10.1. The Bertz CT molecular complexity index is 1080. The van der Waals surface area contributed by atoms with Gasteiger partial charge in [-0.2, -0.15) is 22.6 Å². The fraction of sp³-hybridized carbons (Fsp3) is 0.333. The number of rotatable bonds is 2. The molecule has 0 saturated heterocycles. The fourth-order valence-electron chi connectivity index (χ4n) is 2.34. The van der Waals surface area contributed by atoms with Crippen LogP contribution in [0.25, 0.3) is 5.69 Å². The minimum absolute atomic E-state index is 0.210. The second kappa shape index (κ2) is 6.81. The van der Waals surface area contributed by atoms with Crippen LogP contribution >= 0.6 is 11.3 Å². The number of benzene rings is 1. The van der Waals surface area contributed by atoms with Crippen molar-refractivity contribution < 1.29 is 31.8 Å². The molecule has 0 saturated carbocycles. The first-order valence-corrected chi connectivity index (χ1v) is 8.97. The van der Waals surface area contributed by atoms with Gasteiger partial charge in [0.25, 0.3) is 0 Å². The molecular formula is C18H15F4N3O3S. The van der Waals surface area contributed by atoms with Gasteiger partial charge in [-0.1, -0.05) is 5.92 Å². The van der Waals surface area contributed by atoms with E-state index >= 15 is 0 Å². The number of amides is 2. The molecule has 29 heavy (non-hydrogen) atoms. The van der Waals surface area contributed by atoms with Gasteiger partial charge in [-0.05, 0) is 32.9 Å². The maximum Gasteiger partial charge on any atom is 0.507 e.